The maximum atomic E-state index is 12.3. The normalized spacial score (nSPS) is 11.4. The number of hydrogen-bond acceptors (Lipinski definition) is 4. The Morgan fingerprint density at radius 3 is 2.11 bits per heavy atom. The summed E-state index contributed by atoms with van der Waals surface area (Å²) in [5.74, 6) is 0. The van der Waals surface area contributed by atoms with Gasteiger partial charge in [0, 0.05) is 37.6 Å². The van der Waals surface area contributed by atoms with Crippen LogP contribution in [0.4, 0.5) is 21.9 Å². The maximum Gasteiger partial charge on any atom is 0.319 e. The number of carbonyl (C=O) groups excluding carboxylic acids is 1. The largest absolute Gasteiger partial charge is 0.378 e. The number of carbonyl (C=O) groups is 1. The standard InChI is InChI=1S/C28H28N4O2S/c1-32(2)25-18-12-21(13-19-25)20-29-28(33)30-23-14-16-24(17-15-23)31-35(34)27-11-7-6-10-26(27)22-8-4-3-5-9-22/h3-19,31,34H,20H2,1-2H3,(H-,29,30,33)/p+1. The summed E-state index contributed by atoms with van der Waals surface area (Å²) in [5.41, 5.74) is 5.59. The van der Waals surface area contributed by atoms with Crippen molar-refractivity contribution < 1.29 is 9.35 Å². The molecule has 0 fully saturated rings. The van der Waals surface area contributed by atoms with Crippen molar-refractivity contribution in [2.45, 2.75) is 11.4 Å². The van der Waals surface area contributed by atoms with Crippen molar-refractivity contribution in [2.75, 3.05) is 29.0 Å². The van der Waals surface area contributed by atoms with E-state index in [4.69, 9.17) is 0 Å². The molecular weight excluding hydrogens is 456 g/mol. The van der Waals surface area contributed by atoms with Crippen LogP contribution in [0.15, 0.2) is 108 Å². The van der Waals surface area contributed by atoms with Crippen molar-refractivity contribution >= 4 is 34.5 Å². The molecule has 0 heterocycles. The Balaban J connectivity index is 1.33. The molecule has 1 atom stereocenters. The van der Waals surface area contributed by atoms with Gasteiger partial charge in [0.15, 0.2) is 0 Å². The number of nitrogens with zero attached hydrogens (tertiary/aromatic N) is 1. The molecule has 6 nitrogen and oxygen atoms in total. The highest BCUT2D eigenvalue weighted by Gasteiger charge is 2.25. The van der Waals surface area contributed by atoms with Crippen molar-refractivity contribution in [1.82, 2.24) is 5.32 Å². The molecule has 4 N–H and O–H groups in total. The average Bonchev–Trinajstić information content (AvgIpc) is 2.89. The van der Waals surface area contributed by atoms with Gasteiger partial charge in [-0.2, -0.15) is 9.27 Å². The fourth-order valence-corrected chi connectivity index (χ4v) is 4.62. The summed E-state index contributed by atoms with van der Waals surface area (Å²) >= 11 is -1.20. The molecule has 0 saturated heterocycles. The van der Waals surface area contributed by atoms with Crippen LogP contribution in [0.3, 0.4) is 0 Å². The van der Waals surface area contributed by atoms with E-state index in [1.807, 2.05) is 110 Å². The van der Waals surface area contributed by atoms with Gasteiger partial charge in [0.2, 0.25) is 4.90 Å². The van der Waals surface area contributed by atoms with Gasteiger partial charge in [0.1, 0.15) is 0 Å². The lowest BCUT2D eigenvalue weighted by Gasteiger charge is -2.13. The molecule has 0 aromatic heterocycles. The first kappa shape index (κ1) is 24.2. The van der Waals surface area contributed by atoms with Crippen molar-refractivity contribution in [3.8, 4) is 11.1 Å². The van der Waals surface area contributed by atoms with E-state index in [-0.39, 0.29) is 6.03 Å². The monoisotopic (exact) mass is 485 g/mol. The fourth-order valence-electron chi connectivity index (χ4n) is 3.55. The Morgan fingerprint density at radius 2 is 1.43 bits per heavy atom. The Morgan fingerprint density at radius 1 is 0.800 bits per heavy atom. The molecule has 35 heavy (non-hydrogen) atoms. The highest BCUT2D eigenvalue weighted by molar-refractivity contribution is 7.93. The lowest BCUT2D eigenvalue weighted by atomic mass is 10.1. The van der Waals surface area contributed by atoms with Crippen LogP contribution in [-0.4, -0.2) is 24.7 Å². The van der Waals surface area contributed by atoms with E-state index in [0.717, 1.165) is 33.0 Å². The highest BCUT2D eigenvalue weighted by atomic mass is 32.2. The second-order valence-electron chi connectivity index (χ2n) is 8.19. The van der Waals surface area contributed by atoms with Gasteiger partial charge in [0.25, 0.3) is 0 Å². The number of benzene rings is 4. The SMILES string of the molecule is CN(C)c1ccc(CNC(=O)Nc2ccc(N[S+](O)c3ccccc3-c3ccccc3)cc2)cc1. The van der Waals surface area contributed by atoms with Gasteiger partial charge in [-0.1, -0.05) is 54.6 Å². The predicted molar refractivity (Wildman–Crippen MR) is 147 cm³/mol. The number of urea groups is 1. The van der Waals surface area contributed by atoms with Crippen LogP contribution in [0, 0.1) is 0 Å². The fraction of sp³-hybridized carbons (Fsp3) is 0.107. The third-order valence-electron chi connectivity index (χ3n) is 5.44. The molecule has 0 saturated carbocycles. The van der Waals surface area contributed by atoms with E-state index in [2.05, 4.69) is 15.4 Å². The number of anilines is 3. The summed E-state index contributed by atoms with van der Waals surface area (Å²) in [4.78, 5) is 15.1. The second kappa shape index (κ2) is 11.5. The van der Waals surface area contributed by atoms with Crippen LogP contribution in [0.25, 0.3) is 11.1 Å². The van der Waals surface area contributed by atoms with Gasteiger partial charge in [-0.3, -0.25) is 0 Å². The van der Waals surface area contributed by atoms with E-state index >= 15 is 0 Å². The zero-order chi connectivity index (χ0) is 24.6. The van der Waals surface area contributed by atoms with Crippen LogP contribution < -0.4 is 20.3 Å². The molecule has 0 radical (unpaired) electrons. The molecule has 0 aliphatic rings. The predicted octanol–water partition coefficient (Wildman–Crippen LogP) is 6.22. The minimum absolute atomic E-state index is 0.277. The molecule has 1 unspecified atom stereocenters. The average molecular weight is 486 g/mol. The topological polar surface area (TPSA) is 76.6 Å². The molecule has 0 aliphatic carbocycles. The zero-order valence-electron chi connectivity index (χ0n) is 19.7. The zero-order valence-corrected chi connectivity index (χ0v) is 20.5. The first-order chi connectivity index (χ1) is 17.0. The summed E-state index contributed by atoms with van der Waals surface area (Å²) in [6.07, 6.45) is 0. The molecular formula is C28H29N4O2S+. The molecule has 4 rings (SSSR count). The summed E-state index contributed by atoms with van der Waals surface area (Å²) in [6.45, 7) is 0.438. The van der Waals surface area contributed by atoms with Gasteiger partial charge >= 0.3 is 17.4 Å². The van der Waals surface area contributed by atoms with Crippen LogP contribution in [0.1, 0.15) is 5.56 Å². The summed E-state index contributed by atoms with van der Waals surface area (Å²) in [6, 6.07) is 32.8. The molecule has 0 spiro atoms. The molecule has 4 aromatic rings. The van der Waals surface area contributed by atoms with Crippen molar-refractivity contribution in [1.29, 1.82) is 0 Å². The van der Waals surface area contributed by atoms with Crippen molar-refractivity contribution in [2.24, 2.45) is 0 Å². The molecule has 0 bridgehead atoms. The van der Waals surface area contributed by atoms with Crippen LogP contribution in [0.2, 0.25) is 0 Å². The van der Waals surface area contributed by atoms with Crippen molar-refractivity contribution in [3.63, 3.8) is 0 Å². The third kappa shape index (κ3) is 6.56. The van der Waals surface area contributed by atoms with Gasteiger partial charge in [-0.15, -0.1) is 0 Å². The quantitative estimate of drug-likeness (QED) is 0.224. The Bertz CT molecular complexity index is 1250. The van der Waals surface area contributed by atoms with Gasteiger partial charge in [0.05, 0.1) is 5.69 Å². The molecule has 4 aromatic carbocycles. The van der Waals surface area contributed by atoms with E-state index in [9.17, 15) is 9.35 Å². The minimum atomic E-state index is -1.20. The number of hydrogen-bond donors (Lipinski definition) is 4. The van der Waals surface area contributed by atoms with E-state index < -0.39 is 11.4 Å². The van der Waals surface area contributed by atoms with Crippen LogP contribution in [0.5, 0.6) is 0 Å². The minimum Gasteiger partial charge on any atom is -0.378 e. The Kier molecular flexibility index (Phi) is 7.92. The number of amides is 2. The van der Waals surface area contributed by atoms with E-state index in [1.165, 1.54) is 0 Å². The lowest BCUT2D eigenvalue weighted by molar-refractivity contribution is 0.251. The maximum absolute atomic E-state index is 12.3. The van der Waals surface area contributed by atoms with Crippen LogP contribution >= 0.6 is 0 Å². The van der Waals surface area contributed by atoms with Gasteiger partial charge in [-0.05, 0) is 59.7 Å². The molecule has 7 heteroatoms. The lowest BCUT2D eigenvalue weighted by Crippen LogP contribution is -2.28. The summed E-state index contributed by atoms with van der Waals surface area (Å²) in [5, 5.41) is 5.71. The highest BCUT2D eigenvalue weighted by Crippen LogP contribution is 2.28. The van der Waals surface area contributed by atoms with E-state index in [0.29, 0.717) is 12.2 Å². The van der Waals surface area contributed by atoms with Crippen molar-refractivity contribution in [3.05, 3.63) is 109 Å². The Hall–Kier alpha value is -3.94. The second-order valence-corrected chi connectivity index (χ2v) is 9.41. The smallest absolute Gasteiger partial charge is 0.319 e. The first-order valence-corrected chi connectivity index (χ1v) is 12.4. The number of nitrogens with one attached hydrogen (secondary N) is 3. The molecule has 2 amide bonds. The summed E-state index contributed by atoms with van der Waals surface area (Å²) < 4.78 is 14.1. The molecule has 178 valence electrons. The van der Waals surface area contributed by atoms with Crippen LogP contribution in [-0.2, 0) is 17.9 Å². The first-order valence-electron chi connectivity index (χ1n) is 11.3. The Labute approximate surface area is 209 Å². The molecule has 0 aliphatic heterocycles. The number of rotatable bonds is 8. The third-order valence-corrected chi connectivity index (χ3v) is 6.64. The van der Waals surface area contributed by atoms with Gasteiger partial charge < -0.3 is 15.5 Å². The summed E-state index contributed by atoms with van der Waals surface area (Å²) in [7, 11) is 3.98. The van der Waals surface area contributed by atoms with E-state index in [1.54, 1.807) is 12.1 Å². The van der Waals surface area contributed by atoms with Gasteiger partial charge in [-0.25, -0.2) is 4.79 Å².